The number of aromatic amines is 1. The van der Waals surface area contributed by atoms with Gasteiger partial charge in [-0.25, -0.2) is 13.8 Å². The van der Waals surface area contributed by atoms with Gasteiger partial charge in [-0.15, -0.1) is 5.10 Å². The van der Waals surface area contributed by atoms with Crippen molar-refractivity contribution in [2.45, 2.75) is 37.6 Å². The first kappa shape index (κ1) is 18.2. The van der Waals surface area contributed by atoms with Crippen LogP contribution < -0.4 is 10.2 Å². The van der Waals surface area contributed by atoms with E-state index < -0.39 is 18.4 Å². The molecular formula is C18H22F2N8O. The van der Waals surface area contributed by atoms with E-state index in [0.29, 0.717) is 49.0 Å². The van der Waals surface area contributed by atoms with Crippen LogP contribution in [0.2, 0.25) is 0 Å². The largest absolute Gasteiger partial charge is 0.378 e. The third kappa shape index (κ3) is 3.50. The molecule has 11 heteroatoms. The summed E-state index contributed by atoms with van der Waals surface area (Å²) in [6, 6.07) is -0.406. The minimum absolute atomic E-state index is 0.0636. The number of rotatable bonds is 4. The number of aromatic nitrogens is 6. The number of nitrogens with zero attached hydrogens (tertiary/aromatic N) is 6. The quantitative estimate of drug-likeness (QED) is 0.687. The highest BCUT2D eigenvalue weighted by Gasteiger charge is 2.29. The van der Waals surface area contributed by atoms with Crippen LogP contribution in [0.1, 0.15) is 19.3 Å². The smallest absolute Gasteiger partial charge is 0.243 e. The fourth-order valence-electron chi connectivity index (χ4n) is 3.95. The van der Waals surface area contributed by atoms with Crippen molar-refractivity contribution in [3.05, 3.63) is 18.7 Å². The molecule has 5 heterocycles. The van der Waals surface area contributed by atoms with Gasteiger partial charge in [0.1, 0.15) is 30.1 Å². The van der Waals surface area contributed by atoms with E-state index in [9.17, 15) is 8.78 Å². The van der Waals surface area contributed by atoms with E-state index >= 15 is 0 Å². The van der Waals surface area contributed by atoms with Crippen LogP contribution in [-0.2, 0) is 4.74 Å². The fourth-order valence-corrected chi connectivity index (χ4v) is 3.95. The predicted molar refractivity (Wildman–Crippen MR) is 102 cm³/mol. The lowest BCUT2D eigenvalue weighted by molar-refractivity contribution is 0.0284. The van der Waals surface area contributed by atoms with Crippen LogP contribution in [0.5, 0.6) is 0 Å². The summed E-state index contributed by atoms with van der Waals surface area (Å²) in [5.41, 5.74) is 2.71. The zero-order valence-corrected chi connectivity index (χ0v) is 15.8. The first-order valence-corrected chi connectivity index (χ1v) is 9.81. The van der Waals surface area contributed by atoms with Crippen molar-refractivity contribution in [3.8, 4) is 11.3 Å². The summed E-state index contributed by atoms with van der Waals surface area (Å²) < 4.78 is 35.0. The normalized spacial score (nSPS) is 25.4. The van der Waals surface area contributed by atoms with Gasteiger partial charge in [0.25, 0.3) is 0 Å². The maximum atomic E-state index is 14.2. The van der Waals surface area contributed by atoms with Crippen LogP contribution in [-0.4, -0.2) is 74.5 Å². The van der Waals surface area contributed by atoms with Crippen molar-refractivity contribution in [3.63, 3.8) is 0 Å². The van der Waals surface area contributed by atoms with E-state index in [2.05, 4.69) is 30.6 Å². The van der Waals surface area contributed by atoms with Gasteiger partial charge in [0.05, 0.1) is 18.8 Å². The molecule has 2 aliphatic heterocycles. The van der Waals surface area contributed by atoms with Crippen molar-refractivity contribution >= 4 is 17.3 Å². The Bertz CT molecular complexity index is 978. The summed E-state index contributed by atoms with van der Waals surface area (Å²) in [7, 11) is 0. The number of piperidine rings is 1. The fraction of sp³-hybridized carbons (Fsp3) is 0.556. The minimum Gasteiger partial charge on any atom is -0.378 e. The van der Waals surface area contributed by atoms with Gasteiger partial charge in [-0.2, -0.15) is 14.6 Å². The lowest BCUT2D eigenvalue weighted by Crippen LogP contribution is -2.39. The Balaban J connectivity index is 1.56. The molecule has 3 atom stereocenters. The summed E-state index contributed by atoms with van der Waals surface area (Å²) in [6.07, 6.45) is 4.78. The van der Waals surface area contributed by atoms with Crippen LogP contribution in [0.25, 0.3) is 16.9 Å². The molecule has 0 unspecified atom stereocenters. The molecule has 5 rings (SSSR count). The standard InChI is InChI=1S/C18H22F2N8O/c19-12-2-1-4-27(8-12)16-15(11-6-22-23-7-11)21-10-28-17(16)25-18(26-28)24-14-3-5-29-9-13(14)20/h6-7,10,12-14H,1-5,8-9H2,(H,22,23)(H,24,26)/t12-,13-,14+/m1/s1. The van der Waals surface area contributed by atoms with Gasteiger partial charge in [0.2, 0.25) is 5.95 Å². The first-order valence-electron chi connectivity index (χ1n) is 9.81. The highest BCUT2D eigenvalue weighted by molar-refractivity contribution is 5.85. The molecule has 3 aromatic heterocycles. The molecular weight excluding hydrogens is 382 g/mol. The number of fused-ring (bicyclic) bond motifs is 1. The summed E-state index contributed by atoms with van der Waals surface area (Å²) in [6.45, 7) is 1.53. The van der Waals surface area contributed by atoms with Crippen molar-refractivity contribution in [2.24, 2.45) is 0 Å². The Kier molecular flexibility index (Phi) is 4.74. The van der Waals surface area contributed by atoms with Crippen molar-refractivity contribution in [1.29, 1.82) is 0 Å². The Morgan fingerprint density at radius 3 is 3.00 bits per heavy atom. The van der Waals surface area contributed by atoms with E-state index in [-0.39, 0.29) is 13.2 Å². The van der Waals surface area contributed by atoms with Crippen molar-refractivity contribution < 1.29 is 13.5 Å². The Hall–Kier alpha value is -2.82. The number of ether oxygens (including phenoxy) is 1. The number of hydrogen-bond donors (Lipinski definition) is 2. The van der Waals surface area contributed by atoms with Gasteiger partial charge in [-0.1, -0.05) is 0 Å². The molecule has 0 radical (unpaired) electrons. The average molecular weight is 404 g/mol. The number of H-pyrrole nitrogens is 1. The molecule has 9 nitrogen and oxygen atoms in total. The topological polar surface area (TPSA) is 96.3 Å². The van der Waals surface area contributed by atoms with E-state index in [0.717, 1.165) is 12.0 Å². The summed E-state index contributed by atoms with van der Waals surface area (Å²) in [5.74, 6) is 0.320. The highest BCUT2D eigenvalue weighted by atomic mass is 19.1. The molecule has 3 aromatic rings. The molecule has 0 saturated carbocycles. The zero-order chi connectivity index (χ0) is 19.8. The van der Waals surface area contributed by atoms with Crippen LogP contribution >= 0.6 is 0 Å². The SMILES string of the molecule is F[C@@H]1CCCN(c2c(-c3cn[nH]c3)ncn3nc(N[C@H]4CCOC[C@H]4F)nc23)C1. The summed E-state index contributed by atoms with van der Waals surface area (Å²) >= 11 is 0. The molecule has 2 fully saturated rings. The number of alkyl halides is 2. The first-order chi connectivity index (χ1) is 14.2. The zero-order valence-electron chi connectivity index (χ0n) is 15.8. The van der Waals surface area contributed by atoms with Crippen LogP contribution in [0.4, 0.5) is 20.4 Å². The predicted octanol–water partition coefficient (Wildman–Crippen LogP) is 1.99. The third-order valence-corrected chi connectivity index (χ3v) is 5.42. The number of halogens is 2. The maximum absolute atomic E-state index is 14.2. The lowest BCUT2D eigenvalue weighted by Gasteiger charge is -2.31. The van der Waals surface area contributed by atoms with Crippen molar-refractivity contribution in [2.75, 3.05) is 36.5 Å². The highest BCUT2D eigenvalue weighted by Crippen LogP contribution is 2.34. The Morgan fingerprint density at radius 1 is 1.28 bits per heavy atom. The molecule has 2 aliphatic rings. The van der Waals surface area contributed by atoms with E-state index in [1.54, 1.807) is 23.2 Å². The monoisotopic (exact) mass is 404 g/mol. The molecule has 0 spiro atoms. The van der Waals surface area contributed by atoms with Gasteiger partial charge < -0.3 is 15.0 Å². The van der Waals surface area contributed by atoms with Crippen molar-refractivity contribution in [1.82, 2.24) is 29.8 Å². The molecule has 0 amide bonds. The second-order valence-corrected chi connectivity index (χ2v) is 7.45. The molecule has 0 bridgehead atoms. The molecule has 154 valence electrons. The van der Waals surface area contributed by atoms with E-state index in [1.165, 1.54) is 0 Å². The van der Waals surface area contributed by atoms with Crippen LogP contribution in [0.3, 0.4) is 0 Å². The van der Waals surface area contributed by atoms with Gasteiger partial charge >= 0.3 is 0 Å². The molecule has 0 aliphatic carbocycles. The summed E-state index contributed by atoms with van der Waals surface area (Å²) in [5, 5.41) is 14.3. The average Bonchev–Trinajstić information content (AvgIpc) is 3.38. The van der Waals surface area contributed by atoms with Crippen LogP contribution in [0.15, 0.2) is 18.7 Å². The van der Waals surface area contributed by atoms with Gasteiger partial charge in [0, 0.05) is 31.5 Å². The van der Waals surface area contributed by atoms with E-state index in [1.807, 2.05) is 4.90 Å². The second kappa shape index (κ2) is 7.54. The minimum atomic E-state index is -1.12. The second-order valence-electron chi connectivity index (χ2n) is 7.45. The van der Waals surface area contributed by atoms with Gasteiger partial charge in [-0.05, 0) is 19.3 Å². The molecule has 29 heavy (non-hydrogen) atoms. The molecule has 0 aromatic carbocycles. The summed E-state index contributed by atoms with van der Waals surface area (Å²) in [4.78, 5) is 11.1. The third-order valence-electron chi connectivity index (χ3n) is 5.42. The van der Waals surface area contributed by atoms with E-state index in [4.69, 9.17) is 4.74 Å². The maximum Gasteiger partial charge on any atom is 0.243 e. The lowest BCUT2D eigenvalue weighted by atomic mass is 10.1. The van der Waals surface area contributed by atoms with Gasteiger partial charge in [-0.3, -0.25) is 5.10 Å². The number of nitrogens with one attached hydrogen (secondary N) is 2. The Morgan fingerprint density at radius 2 is 2.21 bits per heavy atom. The van der Waals surface area contributed by atoms with Gasteiger partial charge in [0.15, 0.2) is 5.65 Å². The molecule has 2 N–H and O–H groups in total. The number of hydrogen-bond acceptors (Lipinski definition) is 7. The molecule has 2 saturated heterocycles. The Labute approximate surface area is 165 Å². The van der Waals surface area contributed by atoms with Crippen LogP contribution in [0, 0.1) is 0 Å². The number of anilines is 2.